The topological polar surface area (TPSA) is 84.2 Å². The van der Waals surface area contributed by atoms with Crippen LogP contribution < -0.4 is 14.8 Å². The zero-order valence-corrected chi connectivity index (χ0v) is 17.1. The van der Waals surface area contributed by atoms with E-state index in [0.29, 0.717) is 11.7 Å². The highest BCUT2D eigenvalue weighted by molar-refractivity contribution is 7.22. The second kappa shape index (κ2) is 9.71. The second-order valence-electron chi connectivity index (χ2n) is 6.25. The molecular formula is C22H21N3O3S. The lowest BCUT2D eigenvalue weighted by molar-refractivity contribution is -0.112. The van der Waals surface area contributed by atoms with Crippen LogP contribution in [0.2, 0.25) is 0 Å². The number of hydrogen-bond donors (Lipinski definition) is 1. The molecule has 1 aromatic heterocycles. The predicted octanol–water partition coefficient (Wildman–Crippen LogP) is 5.03. The first kappa shape index (κ1) is 20.4. The number of benzene rings is 2. The molecule has 6 nitrogen and oxygen atoms in total. The van der Waals surface area contributed by atoms with Crippen molar-refractivity contribution < 1.29 is 14.3 Å². The average Bonchev–Trinajstić information content (AvgIpc) is 3.14. The van der Waals surface area contributed by atoms with E-state index in [1.54, 1.807) is 13.2 Å². The molecule has 1 N–H and O–H groups in total. The quantitative estimate of drug-likeness (QED) is 0.322. The highest BCUT2D eigenvalue weighted by Crippen LogP contribution is 2.29. The lowest BCUT2D eigenvalue weighted by atomic mass is 10.1. The molecule has 0 aliphatic heterocycles. The Morgan fingerprint density at radius 3 is 2.69 bits per heavy atom. The number of nitriles is 1. The van der Waals surface area contributed by atoms with Crippen molar-refractivity contribution in [2.24, 2.45) is 0 Å². The van der Waals surface area contributed by atoms with Gasteiger partial charge in [0, 0.05) is 0 Å². The molecule has 0 bridgehead atoms. The third-order valence-electron chi connectivity index (χ3n) is 4.14. The van der Waals surface area contributed by atoms with Gasteiger partial charge in [0.1, 0.15) is 23.1 Å². The first-order valence-electron chi connectivity index (χ1n) is 9.23. The summed E-state index contributed by atoms with van der Waals surface area (Å²) in [6.07, 6.45) is 3.62. The molecule has 0 saturated heterocycles. The van der Waals surface area contributed by atoms with Crippen molar-refractivity contribution in [1.82, 2.24) is 4.98 Å². The highest BCUT2D eigenvalue weighted by Gasteiger charge is 2.13. The van der Waals surface area contributed by atoms with E-state index in [1.165, 1.54) is 11.3 Å². The van der Waals surface area contributed by atoms with Gasteiger partial charge in [-0.25, -0.2) is 4.98 Å². The van der Waals surface area contributed by atoms with Crippen LogP contribution in [0.3, 0.4) is 0 Å². The Balaban J connectivity index is 1.70. The maximum absolute atomic E-state index is 12.5. The summed E-state index contributed by atoms with van der Waals surface area (Å²) in [6.45, 7) is 2.78. The first-order valence-corrected chi connectivity index (χ1v) is 10.0. The Kier molecular flexibility index (Phi) is 6.82. The van der Waals surface area contributed by atoms with Crippen LogP contribution in [0.4, 0.5) is 5.13 Å². The lowest BCUT2D eigenvalue weighted by Gasteiger charge is -2.05. The van der Waals surface area contributed by atoms with E-state index in [9.17, 15) is 10.1 Å². The van der Waals surface area contributed by atoms with Gasteiger partial charge >= 0.3 is 0 Å². The average molecular weight is 407 g/mol. The fraction of sp³-hybridized carbons (Fsp3) is 0.227. The summed E-state index contributed by atoms with van der Waals surface area (Å²) in [4.78, 5) is 16.9. The van der Waals surface area contributed by atoms with Crippen molar-refractivity contribution in [2.75, 3.05) is 19.0 Å². The molecular weight excluding hydrogens is 386 g/mol. The summed E-state index contributed by atoms with van der Waals surface area (Å²) < 4.78 is 11.7. The number of carbonyl (C=O) groups excluding carboxylic acids is 1. The molecule has 29 heavy (non-hydrogen) atoms. The molecule has 0 saturated carbocycles. The van der Waals surface area contributed by atoms with Crippen molar-refractivity contribution >= 4 is 38.7 Å². The Hall–Kier alpha value is -3.37. The molecule has 0 atom stereocenters. The van der Waals surface area contributed by atoms with Crippen LogP contribution in [0.1, 0.15) is 25.3 Å². The molecule has 3 rings (SSSR count). The second-order valence-corrected chi connectivity index (χ2v) is 7.28. The van der Waals surface area contributed by atoms with Crippen molar-refractivity contribution in [1.29, 1.82) is 5.26 Å². The van der Waals surface area contributed by atoms with Gasteiger partial charge in [-0.15, -0.1) is 0 Å². The zero-order valence-electron chi connectivity index (χ0n) is 16.3. The van der Waals surface area contributed by atoms with Crippen LogP contribution in [-0.2, 0) is 4.79 Å². The maximum atomic E-state index is 12.5. The number of fused-ring (bicyclic) bond motifs is 1. The summed E-state index contributed by atoms with van der Waals surface area (Å²) in [6, 6.07) is 14.7. The Labute approximate surface area is 173 Å². The van der Waals surface area contributed by atoms with Crippen molar-refractivity contribution in [3.8, 4) is 17.6 Å². The number of hydrogen-bond acceptors (Lipinski definition) is 6. The van der Waals surface area contributed by atoms with Gasteiger partial charge in [0.15, 0.2) is 5.13 Å². The van der Waals surface area contributed by atoms with Gasteiger partial charge in [-0.05, 0) is 48.4 Å². The van der Waals surface area contributed by atoms with Crippen LogP contribution in [0.5, 0.6) is 11.5 Å². The van der Waals surface area contributed by atoms with Crippen LogP contribution >= 0.6 is 11.3 Å². The van der Waals surface area contributed by atoms with Gasteiger partial charge in [-0.3, -0.25) is 10.1 Å². The molecule has 1 amide bonds. The Morgan fingerprint density at radius 1 is 1.24 bits per heavy atom. The number of aromatic nitrogens is 1. The molecule has 1 heterocycles. The molecule has 0 fully saturated rings. The van der Waals surface area contributed by atoms with Gasteiger partial charge in [-0.1, -0.05) is 36.8 Å². The number of carbonyl (C=O) groups is 1. The number of nitrogens with zero attached hydrogens (tertiary/aromatic N) is 2. The summed E-state index contributed by atoms with van der Waals surface area (Å²) in [5.41, 5.74) is 1.50. The van der Waals surface area contributed by atoms with Gasteiger partial charge in [0.05, 0.1) is 23.9 Å². The smallest absolute Gasteiger partial charge is 0.268 e. The van der Waals surface area contributed by atoms with E-state index in [2.05, 4.69) is 17.2 Å². The SMILES string of the molecule is CCCCOc1ccc(/C=C(\C#N)C(=O)Nc2nc3ccc(OC)cc3s2)cc1. The number of rotatable bonds is 8. The molecule has 0 unspecified atom stereocenters. The molecule has 3 aromatic rings. The van der Waals surface area contributed by atoms with Crippen molar-refractivity contribution in [3.05, 3.63) is 53.6 Å². The van der Waals surface area contributed by atoms with Crippen LogP contribution in [-0.4, -0.2) is 24.6 Å². The lowest BCUT2D eigenvalue weighted by Crippen LogP contribution is -2.13. The minimum atomic E-state index is -0.498. The van der Waals surface area contributed by atoms with E-state index in [-0.39, 0.29) is 5.57 Å². The highest BCUT2D eigenvalue weighted by atomic mass is 32.1. The number of amides is 1. The maximum Gasteiger partial charge on any atom is 0.268 e. The number of methoxy groups -OCH3 is 1. The van der Waals surface area contributed by atoms with Gasteiger partial charge in [0.2, 0.25) is 0 Å². The fourth-order valence-electron chi connectivity index (χ4n) is 2.56. The van der Waals surface area contributed by atoms with Crippen LogP contribution in [0.15, 0.2) is 48.0 Å². The largest absolute Gasteiger partial charge is 0.497 e. The molecule has 7 heteroatoms. The summed E-state index contributed by atoms with van der Waals surface area (Å²) in [7, 11) is 1.60. The van der Waals surface area contributed by atoms with E-state index in [1.807, 2.05) is 48.5 Å². The predicted molar refractivity (Wildman–Crippen MR) is 115 cm³/mol. The summed E-state index contributed by atoms with van der Waals surface area (Å²) >= 11 is 1.32. The number of anilines is 1. The van der Waals surface area contributed by atoms with Gasteiger partial charge < -0.3 is 9.47 Å². The first-order chi connectivity index (χ1) is 14.1. The third kappa shape index (κ3) is 5.33. The fourth-order valence-corrected chi connectivity index (χ4v) is 3.45. The van der Waals surface area contributed by atoms with E-state index < -0.39 is 5.91 Å². The number of nitrogens with one attached hydrogen (secondary N) is 1. The third-order valence-corrected chi connectivity index (χ3v) is 5.07. The van der Waals surface area contributed by atoms with Crippen LogP contribution in [0.25, 0.3) is 16.3 Å². The van der Waals surface area contributed by atoms with Crippen molar-refractivity contribution in [2.45, 2.75) is 19.8 Å². The molecule has 148 valence electrons. The minimum Gasteiger partial charge on any atom is -0.497 e. The van der Waals surface area contributed by atoms with Gasteiger partial charge in [-0.2, -0.15) is 5.26 Å². The molecule has 2 aromatic carbocycles. The standard InChI is InChI=1S/C22H21N3O3S/c1-3-4-11-28-17-7-5-15(6-8-17)12-16(14-23)21(26)25-22-24-19-10-9-18(27-2)13-20(19)29-22/h5-10,12-13H,3-4,11H2,1-2H3,(H,24,25,26)/b16-12+. The molecule has 0 radical (unpaired) electrons. The normalized spacial score (nSPS) is 11.1. The minimum absolute atomic E-state index is 0.00138. The summed E-state index contributed by atoms with van der Waals surface area (Å²) in [5.74, 6) is 0.990. The van der Waals surface area contributed by atoms with Crippen LogP contribution in [0, 0.1) is 11.3 Å². The van der Waals surface area contributed by atoms with Gasteiger partial charge in [0.25, 0.3) is 5.91 Å². The number of thiazole rings is 1. The van der Waals surface area contributed by atoms with E-state index in [4.69, 9.17) is 9.47 Å². The summed E-state index contributed by atoms with van der Waals surface area (Å²) in [5, 5.41) is 12.5. The zero-order chi connectivity index (χ0) is 20.6. The number of unbranched alkanes of at least 4 members (excludes halogenated alkanes) is 1. The monoisotopic (exact) mass is 407 g/mol. The molecule has 0 aliphatic rings. The van der Waals surface area contributed by atoms with E-state index >= 15 is 0 Å². The molecule has 0 spiro atoms. The molecule has 0 aliphatic carbocycles. The number of ether oxygens (including phenoxy) is 2. The Morgan fingerprint density at radius 2 is 2.00 bits per heavy atom. The van der Waals surface area contributed by atoms with E-state index in [0.717, 1.165) is 40.1 Å². The van der Waals surface area contributed by atoms with Crippen molar-refractivity contribution in [3.63, 3.8) is 0 Å². The Bertz CT molecular complexity index is 1070.